The highest BCUT2D eigenvalue weighted by atomic mass is 35.5. The molecule has 0 radical (unpaired) electrons. The molecule has 1 fully saturated rings. The maximum absolute atomic E-state index is 3.36. The molecule has 1 aliphatic heterocycles. The van der Waals surface area contributed by atoms with Crippen molar-refractivity contribution in [2.24, 2.45) is 0 Å². The van der Waals surface area contributed by atoms with Crippen LogP contribution in [0.3, 0.4) is 0 Å². The molecular formula is C12H21Cl2N3. The number of halogens is 2. The highest BCUT2D eigenvalue weighted by Crippen LogP contribution is 2.19. The summed E-state index contributed by atoms with van der Waals surface area (Å²) in [5.74, 6) is 0. The lowest BCUT2D eigenvalue weighted by molar-refractivity contribution is 0.589. The summed E-state index contributed by atoms with van der Waals surface area (Å²) in [4.78, 5) is 4.55. The molecule has 1 heterocycles. The summed E-state index contributed by atoms with van der Waals surface area (Å²) in [6.45, 7) is 4.41. The largest absolute Gasteiger partial charge is 0.378 e. The van der Waals surface area contributed by atoms with Crippen LogP contribution in [0.25, 0.3) is 0 Å². The third kappa shape index (κ3) is 4.26. The minimum Gasteiger partial charge on any atom is -0.378 e. The predicted molar refractivity (Wildman–Crippen MR) is 80.3 cm³/mol. The molecule has 1 aromatic rings. The first-order chi connectivity index (χ1) is 7.27. The molecule has 1 saturated heterocycles. The van der Waals surface area contributed by atoms with Gasteiger partial charge in [0.15, 0.2) is 0 Å². The topological polar surface area (TPSA) is 18.5 Å². The fourth-order valence-corrected chi connectivity index (χ4v) is 1.88. The maximum atomic E-state index is 3.36. The zero-order valence-electron chi connectivity index (χ0n) is 10.3. The number of hydrogen-bond donors (Lipinski definition) is 1. The van der Waals surface area contributed by atoms with Crippen molar-refractivity contribution in [2.45, 2.75) is 0 Å². The lowest BCUT2D eigenvalue weighted by Gasteiger charge is -2.29. The minimum atomic E-state index is 0. The number of piperazine rings is 1. The van der Waals surface area contributed by atoms with E-state index in [4.69, 9.17) is 0 Å². The number of nitrogens with zero attached hydrogens (tertiary/aromatic N) is 2. The summed E-state index contributed by atoms with van der Waals surface area (Å²) in [5, 5.41) is 3.36. The van der Waals surface area contributed by atoms with E-state index in [1.54, 1.807) is 0 Å². The van der Waals surface area contributed by atoms with Gasteiger partial charge in [-0.3, -0.25) is 0 Å². The van der Waals surface area contributed by atoms with Crippen molar-refractivity contribution >= 4 is 36.2 Å². The van der Waals surface area contributed by atoms with Crippen LogP contribution < -0.4 is 15.1 Å². The Morgan fingerprint density at radius 2 is 1.53 bits per heavy atom. The van der Waals surface area contributed by atoms with Crippen LogP contribution in [0.1, 0.15) is 0 Å². The summed E-state index contributed by atoms with van der Waals surface area (Å²) in [6, 6.07) is 8.77. The maximum Gasteiger partial charge on any atom is 0.0368 e. The second-order valence-corrected chi connectivity index (χ2v) is 4.15. The molecule has 1 aromatic carbocycles. The van der Waals surface area contributed by atoms with Crippen molar-refractivity contribution in [3.05, 3.63) is 24.3 Å². The van der Waals surface area contributed by atoms with Crippen LogP contribution in [0.15, 0.2) is 24.3 Å². The van der Waals surface area contributed by atoms with Gasteiger partial charge in [-0.05, 0) is 24.3 Å². The monoisotopic (exact) mass is 277 g/mol. The van der Waals surface area contributed by atoms with E-state index >= 15 is 0 Å². The van der Waals surface area contributed by atoms with Crippen LogP contribution in [0.5, 0.6) is 0 Å². The van der Waals surface area contributed by atoms with E-state index in [1.807, 2.05) is 0 Å². The van der Waals surface area contributed by atoms with Gasteiger partial charge in [0.2, 0.25) is 0 Å². The molecular weight excluding hydrogens is 257 g/mol. The average Bonchev–Trinajstić information content (AvgIpc) is 2.30. The van der Waals surface area contributed by atoms with Gasteiger partial charge >= 0.3 is 0 Å². The Morgan fingerprint density at radius 1 is 1.00 bits per heavy atom. The molecule has 17 heavy (non-hydrogen) atoms. The van der Waals surface area contributed by atoms with Gasteiger partial charge in [-0.2, -0.15) is 0 Å². The molecule has 0 aliphatic carbocycles. The Hall–Kier alpha value is -0.640. The normalized spacial score (nSPS) is 14.6. The third-order valence-electron chi connectivity index (χ3n) is 2.85. The number of anilines is 2. The Labute approximate surface area is 116 Å². The van der Waals surface area contributed by atoms with Crippen molar-refractivity contribution < 1.29 is 0 Å². The Morgan fingerprint density at radius 3 is 2.00 bits per heavy atom. The van der Waals surface area contributed by atoms with Gasteiger partial charge in [0.25, 0.3) is 0 Å². The van der Waals surface area contributed by atoms with Gasteiger partial charge < -0.3 is 15.1 Å². The molecule has 0 bridgehead atoms. The van der Waals surface area contributed by atoms with Gasteiger partial charge in [-0.15, -0.1) is 24.8 Å². The van der Waals surface area contributed by atoms with E-state index in [0.717, 1.165) is 26.2 Å². The van der Waals surface area contributed by atoms with E-state index in [2.05, 4.69) is 53.5 Å². The number of hydrogen-bond acceptors (Lipinski definition) is 3. The van der Waals surface area contributed by atoms with E-state index in [0.29, 0.717) is 0 Å². The third-order valence-corrected chi connectivity index (χ3v) is 2.85. The van der Waals surface area contributed by atoms with Gasteiger partial charge in [0.05, 0.1) is 0 Å². The summed E-state index contributed by atoms with van der Waals surface area (Å²) in [5.41, 5.74) is 2.59. The fourth-order valence-electron chi connectivity index (χ4n) is 1.88. The van der Waals surface area contributed by atoms with Gasteiger partial charge in [0, 0.05) is 51.6 Å². The van der Waals surface area contributed by atoms with Crippen LogP contribution in [-0.2, 0) is 0 Å². The lowest BCUT2D eigenvalue weighted by atomic mass is 10.2. The van der Waals surface area contributed by atoms with E-state index in [-0.39, 0.29) is 24.8 Å². The summed E-state index contributed by atoms with van der Waals surface area (Å²) >= 11 is 0. The standard InChI is InChI=1S/C12H19N3.2ClH/c1-14(2)11-3-5-12(6-4-11)15-9-7-13-8-10-15;;/h3-6,13H,7-10H2,1-2H3;2*1H. The van der Waals surface area contributed by atoms with Crippen LogP contribution >= 0.6 is 24.8 Å². The first kappa shape index (κ1) is 16.4. The second-order valence-electron chi connectivity index (χ2n) is 4.15. The molecule has 0 unspecified atom stereocenters. The van der Waals surface area contributed by atoms with Crippen LogP contribution in [-0.4, -0.2) is 40.3 Å². The van der Waals surface area contributed by atoms with Crippen LogP contribution in [0, 0.1) is 0 Å². The summed E-state index contributed by atoms with van der Waals surface area (Å²) in [7, 11) is 4.14. The van der Waals surface area contributed by atoms with Crippen molar-refractivity contribution in [2.75, 3.05) is 50.1 Å². The van der Waals surface area contributed by atoms with Crippen LogP contribution in [0.4, 0.5) is 11.4 Å². The molecule has 0 aromatic heterocycles. The fraction of sp³-hybridized carbons (Fsp3) is 0.500. The quantitative estimate of drug-likeness (QED) is 0.892. The molecule has 1 aliphatic rings. The van der Waals surface area contributed by atoms with E-state index < -0.39 is 0 Å². The first-order valence-corrected chi connectivity index (χ1v) is 5.50. The molecule has 0 amide bonds. The molecule has 0 saturated carbocycles. The van der Waals surface area contributed by atoms with Gasteiger partial charge in [-0.1, -0.05) is 0 Å². The zero-order valence-corrected chi connectivity index (χ0v) is 12.0. The SMILES string of the molecule is CN(C)c1ccc(N2CCNCC2)cc1.Cl.Cl. The van der Waals surface area contributed by atoms with Gasteiger partial charge in [-0.25, -0.2) is 0 Å². The molecule has 1 N–H and O–H groups in total. The number of nitrogens with one attached hydrogen (secondary N) is 1. The Balaban J connectivity index is 0.00000128. The van der Waals surface area contributed by atoms with E-state index in [1.165, 1.54) is 11.4 Å². The molecule has 0 atom stereocenters. The Bertz CT molecular complexity index is 308. The predicted octanol–water partition coefficient (Wildman–Crippen LogP) is 2.01. The summed E-state index contributed by atoms with van der Waals surface area (Å²) in [6.07, 6.45) is 0. The highest BCUT2D eigenvalue weighted by Gasteiger charge is 2.09. The van der Waals surface area contributed by atoms with E-state index in [9.17, 15) is 0 Å². The van der Waals surface area contributed by atoms with Crippen molar-refractivity contribution in [3.63, 3.8) is 0 Å². The van der Waals surface area contributed by atoms with Crippen LogP contribution in [0.2, 0.25) is 0 Å². The lowest BCUT2D eigenvalue weighted by Crippen LogP contribution is -2.43. The molecule has 5 heteroatoms. The molecule has 3 nitrogen and oxygen atoms in total. The number of benzene rings is 1. The Kier molecular flexibility index (Phi) is 7.35. The van der Waals surface area contributed by atoms with Gasteiger partial charge in [0.1, 0.15) is 0 Å². The smallest absolute Gasteiger partial charge is 0.0368 e. The zero-order chi connectivity index (χ0) is 10.7. The van der Waals surface area contributed by atoms with Crippen molar-refractivity contribution in [3.8, 4) is 0 Å². The highest BCUT2D eigenvalue weighted by molar-refractivity contribution is 5.85. The minimum absolute atomic E-state index is 0. The molecule has 0 spiro atoms. The average molecular weight is 278 g/mol. The molecule has 98 valence electrons. The number of rotatable bonds is 2. The van der Waals surface area contributed by atoms with Crippen molar-refractivity contribution in [1.82, 2.24) is 5.32 Å². The first-order valence-electron chi connectivity index (χ1n) is 5.50. The summed E-state index contributed by atoms with van der Waals surface area (Å²) < 4.78 is 0. The second kappa shape index (κ2) is 7.64. The van der Waals surface area contributed by atoms with Crippen molar-refractivity contribution in [1.29, 1.82) is 0 Å². The molecule has 2 rings (SSSR count).